The van der Waals surface area contributed by atoms with Crippen molar-refractivity contribution in [2.45, 2.75) is 92.2 Å². The molecule has 0 radical (unpaired) electrons. The Morgan fingerprint density at radius 2 is 0.367 bits per heavy atom. The third kappa shape index (κ3) is 46.1. The van der Waals surface area contributed by atoms with Crippen LogP contribution in [0.2, 0.25) is 0 Å². The molecule has 0 rings (SSSR count). The summed E-state index contributed by atoms with van der Waals surface area (Å²) in [6, 6.07) is 0. The van der Waals surface area contributed by atoms with Gasteiger partial charge < -0.3 is 125 Å². The van der Waals surface area contributed by atoms with E-state index >= 15 is 0 Å². The van der Waals surface area contributed by atoms with Gasteiger partial charge in [-0.15, -0.1) is 0 Å². The van der Waals surface area contributed by atoms with Gasteiger partial charge >= 0.3 is 111 Å². The molecule has 5 unspecified atom stereocenters. The summed E-state index contributed by atoms with van der Waals surface area (Å²) in [5.41, 5.74) is -14.6. The smallest absolute Gasteiger partial charge is 0.550 e. The van der Waals surface area contributed by atoms with E-state index in [9.17, 15) is 149 Å². The minimum absolute atomic E-state index is 0. The van der Waals surface area contributed by atoms with Crippen molar-refractivity contribution in [1.29, 1.82) is 0 Å². The second kappa shape index (κ2) is 47.3. The monoisotopic (exact) mass is 1300 g/mol. The Bertz CT molecular complexity index is 1730. The molecule has 0 aromatic rings. The number of carboxylic acid groups (broad SMARTS) is 10. The predicted octanol–water partition coefficient (Wildman–Crippen LogP) is -18.4. The number of aliphatic hydroxyl groups is 5. The number of rotatable bonds is 30. The van der Waals surface area contributed by atoms with E-state index in [1.54, 1.807) is 0 Å². The molecule has 0 fully saturated rings. The van der Waals surface area contributed by atoms with Crippen LogP contribution in [0.25, 0.3) is 0 Å². The van der Waals surface area contributed by atoms with Crippen molar-refractivity contribution in [3.05, 3.63) is 0 Å². The van der Waals surface area contributed by atoms with Gasteiger partial charge in [-0.1, -0.05) is 22.2 Å². The van der Waals surface area contributed by atoms with Gasteiger partial charge in [0.05, 0.1) is 62.0 Å². The molecule has 0 aliphatic rings. The molecule has 0 aromatic carbocycles. The number of carbonyl (C=O) groups excluding carboxylic acids is 15. The molecule has 40 nitrogen and oxygen atoms in total. The minimum Gasteiger partial charge on any atom is -0.550 e. The fourth-order valence-electron chi connectivity index (χ4n) is 3.74. The summed E-state index contributed by atoms with van der Waals surface area (Å²) in [7, 11) is 0. The van der Waals surface area contributed by atoms with Crippen molar-refractivity contribution < 1.29 is 195 Å². The van der Waals surface area contributed by atoms with Gasteiger partial charge in [-0.25, -0.2) is 24.0 Å². The first-order valence-electron chi connectivity index (χ1n) is 17.2. The third-order valence-electron chi connectivity index (χ3n) is 6.89. The van der Waals surface area contributed by atoms with E-state index in [4.69, 9.17) is 0 Å². The first-order chi connectivity index (χ1) is 34.1. The Labute approximate surface area is 513 Å². The second-order valence-electron chi connectivity index (χ2n) is 12.8. The number of carboxylic acids is 10. The SMILES string of the molecule is O=C([O-])CC(O)(CC(=O)OOCl)C(=O)[O-].O=C([O-])CC(O)(CC(=O)OOCl)C(=O)[O-].O=C([O-])CC(O)(CC(=O)OOCl)C(=O)[O-].O=C([O-])CC(O)(CC(=O)OOCl)C(=O)[O-].O=C([O-])CC(O)(CC(=O)OOCl)C(=O)[O-].[Al+3].[Al+3].[Mg+2].[Mg+2]. The Morgan fingerprint density at radius 3 is 0.430 bits per heavy atom. The number of aliphatic carboxylic acids is 10. The van der Waals surface area contributed by atoms with Gasteiger partial charge in [0.15, 0.2) is 0 Å². The maximum Gasteiger partial charge on any atom is 3.00 e. The molecule has 0 amide bonds. The zero-order valence-electron chi connectivity index (χ0n) is 38.1. The van der Waals surface area contributed by atoms with Crippen LogP contribution in [0.3, 0.4) is 0 Å². The van der Waals surface area contributed by atoms with Crippen LogP contribution in [-0.4, -0.2) is 224 Å². The predicted molar refractivity (Wildman–Crippen MR) is 209 cm³/mol. The molecular weight excluding hydrogens is 1280 g/mol. The summed E-state index contributed by atoms with van der Waals surface area (Å²) in [5.74, 6) is -27.0. The normalized spacial score (nSPS) is 13.3. The molecule has 5 N–H and O–H groups in total. The fourth-order valence-corrected chi connectivity index (χ4v) is 4.10. The fraction of sp³-hybridized carbons (Fsp3) is 0.500. The summed E-state index contributed by atoms with van der Waals surface area (Å²) in [6.45, 7) is 0. The molecule has 0 bridgehead atoms. The van der Waals surface area contributed by atoms with Gasteiger partial charge in [0.25, 0.3) is 0 Å². The Hall–Kier alpha value is -4.30. The van der Waals surface area contributed by atoms with Crippen molar-refractivity contribution in [3.8, 4) is 0 Å². The third-order valence-corrected chi connectivity index (χ3v) is 7.20. The van der Waals surface area contributed by atoms with E-state index < -0.39 is 182 Å². The Balaban J connectivity index is -0.000000109. The first kappa shape index (κ1) is 94.0. The molecule has 0 saturated carbocycles. The number of hydrogen-bond acceptors (Lipinski definition) is 40. The second-order valence-corrected chi connectivity index (χ2v) is 13.4. The minimum atomic E-state index is -2.93. The van der Waals surface area contributed by atoms with E-state index in [-0.39, 0.29) is 80.8 Å². The Morgan fingerprint density at radius 1 is 0.266 bits per heavy atom. The maximum atomic E-state index is 10.6. The van der Waals surface area contributed by atoms with Crippen LogP contribution in [0.1, 0.15) is 64.2 Å². The summed E-state index contributed by atoms with van der Waals surface area (Å²) in [4.78, 5) is 174. The van der Waals surface area contributed by atoms with Crippen LogP contribution in [0.5, 0.6) is 0 Å². The van der Waals surface area contributed by atoms with E-state index in [0.29, 0.717) is 0 Å². The summed E-state index contributed by atoms with van der Waals surface area (Å²) in [6.07, 6.45) is -12.6. The quantitative estimate of drug-likeness (QED) is 0.0253. The van der Waals surface area contributed by atoms with Crippen molar-refractivity contribution in [2.24, 2.45) is 0 Å². The first-order valence-corrected chi connectivity index (χ1v) is 18.7. The number of hydrogen-bond donors (Lipinski definition) is 5. The van der Waals surface area contributed by atoms with Crippen molar-refractivity contribution in [2.75, 3.05) is 0 Å². The zero-order chi connectivity index (χ0) is 60.3. The molecule has 430 valence electrons. The van der Waals surface area contributed by atoms with Gasteiger partial charge in [0.2, 0.25) is 0 Å². The molecular formula is C30H25Al2Cl5Mg2O40. The largest absolute Gasteiger partial charge is 3.00 e. The molecule has 49 heteroatoms. The molecule has 0 heterocycles. The molecule has 0 aliphatic heterocycles. The van der Waals surface area contributed by atoms with E-state index in [2.05, 4.69) is 106 Å². The van der Waals surface area contributed by atoms with E-state index in [1.165, 1.54) is 0 Å². The van der Waals surface area contributed by atoms with Crippen molar-refractivity contribution in [1.82, 2.24) is 0 Å². The van der Waals surface area contributed by atoms with Gasteiger partial charge in [-0.2, -0.15) is 0 Å². The van der Waals surface area contributed by atoms with Crippen molar-refractivity contribution in [3.63, 3.8) is 0 Å². The van der Waals surface area contributed by atoms with Crippen LogP contribution in [0.15, 0.2) is 0 Å². The van der Waals surface area contributed by atoms with Gasteiger partial charge in [-0.3, -0.25) is 24.4 Å². The van der Waals surface area contributed by atoms with Crippen LogP contribution < -0.4 is 51.1 Å². The zero-order valence-corrected chi connectivity index (χ0v) is 47.0. The van der Waals surface area contributed by atoms with Crippen molar-refractivity contribution >= 4 is 230 Å². The van der Waals surface area contributed by atoms with Crippen LogP contribution in [0.4, 0.5) is 0 Å². The van der Waals surface area contributed by atoms with Crippen LogP contribution >= 0.6 is 59.3 Å². The number of carbonyl (C=O) groups is 15. The molecule has 0 aromatic heterocycles. The van der Waals surface area contributed by atoms with Gasteiger partial charge in [0, 0.05) is 62.0 Å². The summed E-state index contributed by atoms with van der Waals surface area (Å²) in [5, 5.41) is 148. The summed E-state index contributed by atoms with van der Waals surface area (Å²) >= 11 is 22.5. The molecule has 0 spiro atoms. The van der Waals surface area contributed by atoms with E-state index in [1.807, 2.05) is 0 Å². The molecule has 5 atom stereocenters. The number of halogens is 5. The van der Waals surface area contributed by atoms with Crippen LogP contribution in [0, 0.1) is 0 Å². The average molecular weight is 1310 g/mol. The Kier molecular flexibility index (Phi) is 56.3. The standard InChI is InChI=1S/5C6H7ClO8.2Al.2Mg/c5*7-15-14-4(10)2-6(13,5(11)12)1-3(8)9;;;;/h5*13H,1-2H2,(H,8,9)(H,11,12);;;;/q;;;;;2*+3;2*+2/p-10. The molecule has 0 aliphatic carbocycles. The van der Waals surface area contributed by atoms with Crippen LogP contribution in [-0.2, 0) is 119 Å². The molecule has 79 heavy (non-hydrogen) atoms. The van der Waals surface area contributed by atoms with Gasteiger partial charge in [-0.05, 0) is 0 Å². The maximum absolute atomic E-state index is 10.6. The summed E-state index contributed by atoms with van der Waals surface area (Å²) < 4.78 is 16.8. The average Bonchev–Trinajstić information content (AvgIpc) is 3.20. The van der Waals surface area contributed by atoms with E-state index in [0.717, 1.165) is 0 Å². The molecule has 0 saturated heterocycles. The topological polar surface area (TPSA) is 680 Å². The van der Waals surface area contributed by atoms with Gasteiger partial charge in [0.1, 0.15) is 87.3 Å².